The minimum atomic E-state index is -3.15. The second kappa shape index (κ2) is 5.25. The number of nitrogens with zero attached hydrogens (tertiary/aromatic N) is 1. The number of sulfonamides is 1. The first kappa shape index (κ1) is 12.9. The lowest BCUT2D eigenvalue weighted by atomic mass is 9.96. The van der Waals surface area contributed by atoms with E-state index in [2.05, 4.69) is 0 Å². The van der Waals surface area contributed by atoms with Gasteiger partial charge < -0.3 is 10.5 Å². The van der Waals surface area contributed by atoms with Crippen molar-refractivity contribution in [2.75, 3.05) is 32.6 Å². The summed E-state index contributed by atoms with van der Waals surface area (Å²) in [6.45, 7) is 3.31. The summed E-state index contributed by atoms with van der Waals surface area (Å²) in [5, 5.41) is 0. The van der Waals surface area contributed by atoms with E-state index in [1.165, 1.54) is 11.4 Å². The van der Waals surface area contributed by atoms with Gasteiger partial charge in [0.1, 0.15) is 0 Å². The van der Waals surface area contributed by atoms with Gasteiger partial charge in [0, 0.05) is 26.2 Å². The number of hydrogen-bond donors (Lipinski definition) is 1. The van der Waals surface area contributed by atoms with Gasteiger partial charge in [-0.3, -0.25) is 0 Å². The molecule has 2 atom stereocenters. The molecular weight excluding hydrogens is 216 g/mol. The average Bonchev–Trinajstić information content (AvgIpc) is 2.19. The predicted molar refractivity (Wildman–Crippen MR) is 59.0 cm³/mol. The van der Waals surface area contributed by atoms with Gasteiger partial charge in [0.15, 0.2) is 0 Å². The van der Waals surface area contributed by atoms with Gasteiger partial charge in [-0.2, -0.15) is 0 Å². The lowest BCUT2D eigenvalue weighted by molar-refractivity contribution is 0.211. The Morgan fingerprint density at radius 3 is 2.73 bits per heavy atom. The third-order valence-electron chi connectivity index (χ3n) is 2.87. The van der Waals surface area contributed by atoms with Gasteiger partial charge in [0.25, 0.3) is 0 Å². The fourth-order valence-electron chi connectivity index (χ4n) is 1.70. The molecule has 1 aliphatic heterocycles. The molecule has 0 amide bonds. The second-order valence-electron chi connectivity index (χ2n) is 4.10. The molecule has 0 spiro atoms. The van der Waals surface area contributed by atoms with Crippen molar-refractivity contribution in [2.45, 2.75) is 19.4 Å². The van der Waals surface area contributed by atoms with Crippen LogP contribution in [-0.2, 0) is 14.8 Å². The maximum atomic E-state index is 11.8. The van der Waals surface area contributed by atoms with Crippen LogP contribution in [0.4, 0.5) is 0 Å². The van der Waals surface area contributed by atoms with Gasteiger partial charge in [-0.1, -0.05) is 6.92 Å². The third kappa shape index (κ3) is 3.41. The highest BCUT2D eigenvalue weighted by Gasteiger charge is 2.30. The minimum Gasteiger partial charge on any atom is -0.384 e. The highest BCUT2D eigenvalue weighted by atomic mass is 32.2. The molecule has 0 aliphatic carbocycles. The van der Waals surface area contributed by atoms with Gasteiger partial charge >= 0.3 is 0 Å². The van der Waals surface area contributed by atoms with Crippen molar-refractivity contribution in [3.63, 3.8) is 0 Å². The van der Waals surface area contributed by atoms with Crippen molar-refractivity contribution >= 4 is 10.0 Å². The van der Waals surface area contributed by atoms with E-state index in [0.717, 1.165) is 6.42 Å². The quantitative estimate of drug-likeness (QED) is 0.723. The summed E-state index contributed by atoms with van der Waals surface area (Å²) in [5.41, 5.74) is 5.84. The molecule has 0 aromatic carbocycles. The van der Waals surface area contributed by atoms with Gasteiger partial charge in [-0.05, 0) is 12.3 Å². The van der Waals surface area contributed by atoms with Crippen molar-refractivity contribution < 1.29 is 13.2 Å². The Balaban J connectivity index is 2.57. The Morgan fingerprint density at radius 1 is 1.53 bits per heavy atom. The Labute approximate surface area is 91.6 Å². The molecule has 5 nitrogen and oxygen atoms in total. The number of piperidine rings is 1. The zero-order chi connectivity index (χ0) is 11.5. The Kier molecular flexibility index (Phi) is 4.51. The van der Waals surface area contributed by atoms with Crippen LogP contribution in [0, 0.1) is 5.92 Å². The van der Waals surface area contributed by atoms with Crippen LogP contribution in [0.3, 0.4) is 0 Å². The summed E-state index contributed by atoms with van der Waals surface area (Å²) in [6.07, 6.45) is 0.743. The van der Waals surface area contributed by atoms with Crippen molar-refractivity contribution in [1.82, 2.24) is 4.31 Å². The van der Waals surface area contributed by atoms with E-state index in [-0.39, 0.29) is 24.3 Å². The summed E-state index contributed by atoms with van der Waals surface area (Å²) in [6, 6.07) is 0.124. The molecular formula is C9H20N2O3S. The van der Waals surface area contributed by atoms with E-state index in [1.807, 2.05) is 6.92 Å². The van der Waals surface area contributed by atoms with Crippen LogP contribution in [-0.4, -0.2) is 51.3 Å². The zero-order valence-corrected chi connectivity index (χ0v) is 10.2. The van der Waals surface area contributed by atoms with Gasteiger partial charge in [0.05, 0.1) is 12.4 Å². The van der Waals surface area contributed by atoms with Crippen LogP contribution in [0.1, 0.15) is 13.3 Å². The van der Waals surface area contributed by atoms with Crippen molar-refractivity contribution in [2.24, 2.45) is 11.7 Å². The molecule has 1 rings (SSSR count). The van der Waals surface area contributed by atoms with Crippen LogP contribution < -0.4 is 5.73 Å². The summed E-state index contributed by atoms with van der Waals surface area (Å²) in [4.78, 5) is 0. The number of nitrogens with two attached hydrogens (primary N) is 1. The van der Waals surface area contributed by atoms with Gasteiger partial charge in [-0.25, -0.2) is 12.7 Å². The Morgan fingerprint density at radius 2 is 2.20 bits per heavy atom. The standard InChI is InChI=1S/C9H20N2O3S/c1-8-7-11(4-3-9(8)10)15(12,13)6-5-14-2/h8-9H,3-7,10H2,1-2H3. The maximum absolute atomic E-state index is 11.8. The lowest BCUT2D eigenvalue weighted by Gasteiger charge is -2.34. The summed E-state index contributed by atoms with van der Waals surface area (Å²) >= 11 is 0. The fourth-order valence-corrected chi connectivity index (χ4v) is 3.18. The molecule has 1 saturated heterocycles. The van der Waals surface area contributed by atoms with Crippen LogP contribution >= 0.6 is 0 Å². The molecule has 2 unspecified atom stereocenters. The van der Waals surface area contributed by atoms with Crippen LogP contribution in [0.15, 0.2) is 0 Å². The van der Waals surface area contributed by atoms with Crippen molar-refractivity contribution in [3.8, 4) is 0 Å². The largest absolute Gasteiger partial charge is 0.384 e. The molecule has 0 bridgehead atoms. The lowest BCUT2D eigenvalue weighted by Crippen LogP contribution is -2.48. The molecule has 0 aromatic heterocycles. The predicted octanol–water partition coefficient (Wildman–Crippen LogP) is -0.368. The first-order valence-electron chi connectivity index (χ1n) is 5.19. The Bertz CT molecular complexity index is 292. The molecule has 15 heavy (non-hydrogen) atoms. The van der Waals surface area contributed by atoms with Gasteiger partial charge in [-0.15, -0.1) is 0 Å². The van der Waals surface area contributed by atoms with E-state index in [9.17, 15) is 8.42 Å². The number of hydrogen-bond acceptors (Lipinski definition) is 4. The van der Waals surface area contributed by atoms with Crippen LogP contribution in [0.2, 0.25) is 0 Å². The topological polar surface area (TPSA) is 72.6 Å². The van der Waals surface area contributed by atoms with Crippen molar-refractivity contribution in [3.05, 3.63) is 0 Å². The molecule has 0 saturated carbocycles. The van der Waals surface area contributed by atoms with Crippen LogP contribution in [0.5, 0.6) is 0 Å². The molecule has 1 aliphatic rings. The average molecular weight is 236 g/mol. The highest BCUT2D eigenvalue weighted by molar-refractivity contribution is 7.89. The fraction of sp³-hybridized carbons (Fsp3) is 1.00. The molecule has 90 valence electrons. The number of ether oxygens (including phenoxy) is 1. The molecule has 0 radical (unpaired) electrons. The first-order valence-corrected chi connectivity index (χ1v) is 6.80. The SMILES string of the molecule is COCCS(=O)(=O)N1CCC(N)C(C)C1. The maximum Gasteiger partial charge on any atom is 0.216 e. The first-order chi connectivity index (χ1) is 6.97. The van der Waals surface area contributed by atoms with Crippen molar-refractivity contribution in [1.29, 1.82) is 0 Å². The minimum absolute atomic E-state index is 0.0610. The summed E-state index contributed by atoms with van der Waals surface area (Å²) in [7, 11) is -1.64. The number of methoxy groups -OCH3 is 1. The monoisotopic (exact) mass is 236 g/mol. The molecule has 2 N–H and O–H groups in total. The zero-order valence-electron chi connectivity index (χ0n) is 9.35. The molecule has 1 heterocycles. The van der Waals surface area contributed by atoms with E-state index in [0.29, 0.717) is 13.1 Å². The smallest absolute Gasteiger partial charge is 0.216 e. The van der Waals surface area contributed by atoms with E-state index >= 15 is 0 Å². The van der Waals surface area contributed by atoms with Crippen LogP contribution in [0.25, 0.3) is 0 Å². The van der Waals surface area contributed by atoms with Gasteiger partial charge in [0.2, 0.25) is 10.0 Å². The summed E-state index contributed by atoms with van der Waals surface area (Å²) in [5.74, 6) is 0.293. The Hall–Kier alpha value is -0.170. The van der Waals surface area contributed by atoms with E-state index in [1.54, 1.807) is 0 Å². The third-order valence-corrected chi connectivity index (χ3v) is 4.67. The summed E-state index contributed by atoms with van der Waals surface area (Å²) < 4.78 is 29.9. The molecule has 1 fully saturated rings. The molecule has 6 heteroatoms. The second-order valence-corrected chi connectivity index (χ2v) is 6.19. The van der Waals surface area contributed by atoms with E-state index < -0.39 is 10.0 Å². The number of rotatable bonds is 4. The highest BCUT2D eigenvalue weighted by Crippen LogP contribution is 2.17. The van der Waals surface area contributed by atoms with E-state index in [4.69, 9.17) is 10.5 Å². The molecule has 0 aromatic rings. The normalized spacial score (nSPS) is 29.3.